The van der Waals surface area contributed by atoms with Crippen LogP contribution in [-0.4, -0.2) is 35.9 Å². The van der Waals surface area contributed by atoms with E-state index in [-0.39, 0.29) is 17.8 Å². The number of rotatable bonds is 8. The van der Waals surface area contributed by atoms with Crippen LogP contribution >= 0.6 is 23.1 Å². The fourth-order valence-corrected chi connectivity index (χ4v) is 5.44. The molecule has 1 atom stereocenters. The van der Waals surface area contributed by atoms with E-state index in [0.29, 0.717) is 13.0 Å². The van der Waals surface area contributed by atoms with Crippen LogP contribution < -0.4 is 4.90 Å². The molecule has 0 spiro atoms. The number of aryl methyl sites for hydroxylation is 1. The number of benzene rings is 2. The van der Waals surface area contributed by atoms with Crippen molar-refractivity contribution >= 4 is 44.4 Å². The van der Waals surface area contributed by atoms with E-state index in [0.717, 1.165) is 51.9 Å². The predicted molar refractivity (Wildman–Crippen MR) is 122 cm³/mol. The number of hydrogen-bond donors (Lipinski definition) is 0. The van der Waals surface area contributed by atoms with Crippen LogP contribution in [0.4, 0.5) is 9.52 Å². The van der Waals surface area contributed by atoms with Crippen LogP contribution in [0.1, 0.15) is 31.2 Å². The minimum Gasteiger partial charge on any atom is -0.376 e. The minimum atomic E-state index is -0.231. The van der Waals surface area contributed by atoms with Gasteiger partial charge in [-0.15, -0.1) is 11.8 Å². The fraction of sp³-hybridized carbons (Fsp3) is 0.391. The number of thioether (sulfide) groups is 1. The molecule has 0 saturated carbocycles. The van der Waals surface area contributed by atoms with Gasteiger partial charge in [-0.2, -0.15) is 0 Å². The summed E-state index contributed by atoms with van der Waals surface area (Å²) in [5.74, 6) is 0.663. The summed E-state index contributed by atoms with van der Waals surface area (Å²) in [6.45, 7) is 3.38. The lowest BCUT2D eigenvalue weighted by molar-refractivity contribution is -0.119. The Kier molecular flexibility index (Phi) is 7.02. The summed E-state index contributed by atoms with van der Waals surface area (Å²) in [4.78, 5) is 20.7. The van der Waals surface area contributed by atoms with Crippen molar-refractivity contribution in [1.82, 2.24) is 4.98 Å². The first kappa shape index (κ1) is 21.3. The number of nitrogens with zero attached hydrogens (tertiary/aromatic N) is 2. The van der Waals surface area contributed by atoms with Crippen molar-refractivity contribution < 1.29 is 13.9 Å². The largest absolute Gasteiger partial charge is 0.376 e. The Morgan fingerprint density at radius 1 is 1.30 bits per heavy atom. The van der Waals surface area contributed by atoms with Crippen LogP contribution in [0, 0.1) is 12.7 Å². The Morgan fingerprint density at radius 2 is 2.13 bits per heavy atom. The smallest absolute Gasteiger partial charge is 0.228 e. The van der Waals surface area contributed by atoms with E-state index in [1.165, 1.54) is 17.7 Å². The number of aromatic nitrogens is 1. The lowest BCUT2D eigenvalue weighted by Gasteiger charge is -2.23. The van der Waals surface area contributed by atoms with Gasteiger partial charge in [-0.05, 0) is 73.9 Å². The molecule has 1 aliphatic rings. The maximum absolute atomic E-state index is 13.1. The van der Waals surface area contributed by atoms with Crippen molar-refractivity contribution in [1.29, 1.82) is 0 Å². The maximum atomic E-state index is 13.1. The molecular formula is C23H25FN2O2S2. The zero-order valence-corrected chi connectivity index (χ0v) is 18.6. The number of amides is 1. The molecule has 1 aromatic heterocycles. The maximum Gasteiger partial charge on any atom is 0.228 e. The summed E-state index contributed by atoms with van der Waals surface area (Å²) >= 11 is 3.21. The summed E-state index contributed by atoms with van der Waals surface area (Å²) in [6, 6.07) is 12.6. The Labute approximate surface area is 184 Å². The molecule has 4 nitrogen and oxygen atoms in total. The number of carbonyl (C=O) groups is 1. The van der Waals surface area contributed by atoms with Gasteiger partial charge in [0.1, 0.15) is 5.82 Å². The van der Waals surface area contributed by atoms with E-state index in [1.807, 2.05) is 17.0 Å². The number of ether oxygens (including phenoxy) is 1. The SMILES string of the molecule is Cc1ccc2nc(N(CC3CCCO3)C(=O)CCCSc3ccc(F)cc3)sc2c1. The molecule has 1 fully saturated rings. The standard InChI is InChI=1S/C23H25FN2O2S2/c1-16-6-11-20-21(14-16)30-23(25-20)26(15-18-4-2-12-28-18)22(27)5-3-13-29-19-9-7-17(24)8-10-19/h6-11,14,18H,2-5,12-13,15H2,1H3. The zero-order valence-electron chi connectivity index (χ0n) is 17.0. The molecular weight excluding hydrogens is 419 g/mol. The first-order valence-electron chi connectivity index (χ1n) is 10.3. The molecule has 1 saturated heterocycles. The van der Waals surface area contributed by atoms with Gasteiger partial charge < -0.3 is 4.74 Å². The van der Waals surface area contributed by atoms with Gasteiger partial charge in [-0.3, -0.25) is 9.69 Å². The molecule has 0 radical (unpaired) electrons. The quantitative estimate of drug-likeness (QED) is 0.324. The highest BCUT2D eigenvalue weighted by Crippen LogP contribution is 2.31. The third-order valence-corrected chi connectivity index (χ3v) is 7.23. The molecule has 1 unspecified atom stereocenters. The first-order valence-corrected chi connectivity index (χ1v) is 12.1. The second kappa shape index (κ2) is 9.90. The summed E-state index contributed by atoms with van der Waals surface area (Å²) in [5, 5.41) is 0.752. The molecule has 30 heavy (non-hydrogen) atoms. The highest BCUT2D eigenvalue weighted by atomic mass is 32.2. The van der Waals surface area contributed by atoms with Gasteiger partial charge in [0.25, 0.3) is 0 Å². The van der Waals surface area contributed by atoms with Crippen molar-refractivity contribution in [2.24, 2.45) is 0 Å². The Morgan fingerprint density at radius 3 is 2.90 bits per heavy atom. The molecule has 0 aliphatic carbocycles. The van der Waals surface area contributed by atoms with Crippen LogP contribution in [0.5, 0.6) is 0 Å². The molecule has 3 aromatic rings. The fourth-order valence-electron chi connectivity index (χ4n) is 3.49. The molecule has 1 amide bonds. The van der Waals surface area contributed by atoms with Crippen molar-refractivity contribution in [3.8, 4) is 0 Å². The molecule has 4 rings (SSSR count). The predicted octanol–water partition coefficient (Wildman–Crippen LogP) is 5.83. The third-order valence-electron chi connectivity index (χ3n) is 5.09. The minimum absolute atomic E-state index is 0.0799. The van der Waals surface area contributed by atoms with Gasteiger partial charge in [-0.1, -0.05) is 17.4 Å². The number of halogens is 1. The number of hydrogen-bond acceptors (Lipinski definition) is 5. The van der Waals surface area contributed by atoms with Crippen LogP contribution in [0.25, 0.3) is 10.2 Å². The zero-order chi connectivity index (χ0) is 20.9. The molecule has 7 heteroatoms. The van der Waals surface area contributed by atoms with Crippen LogP contribution in [0.3, 0.4) is 0 Å². The van der Waals surface area contributed by atoms with Crippen LogP contribution in [0.15, 0.2) is 47.4 Å². The van der Waals surface area contributed by atoms with Crippen molar-refractivity contribution in [3.63, 3.8) is 0 Å². The second-order valence-corrected chi connectivity index (χ2v) is 9.69. The summed E-state index contributed by atoms with van der Waals surface area (Å²) in [6.07, 6.45) is 3.31. The molecule has 1 aliphatic heterocycles. The molecule has 2 aromatic carbocycles. The van der Waals surface area contributed by atoms with E-state index in [1.54, 1.807) is 35.2 Å². The lowest BCUT2D eigenvalue weighted by Crippen LogP contribution is -2.37. The highest BCUT2D eigenvalue weighted by Gasteiger charge is 2.25. The van der Waals surface area contributed by atoms with Crippen molar-refractivity contribution in [3.05, 3.63) is 53.8 Å². The van der Waals surface area contributed by atoms with Gasteiger partial charge in [0.15, 0.2) is 5.13 Å². The Bertz CT molecular complexity index is 1000. The molecule has 158 valence electrons. The number of carbonyl (C=O) groups excluding carboxylic acids is 1. The van der Waals surface area contributed by atoms with E-state index in [9.17, 15) is 9.18 Å². The van der Waals surface area contributed by atoms with Gasteiger partial charge in [0.05, 0.1) is 22.9 Å². The summed E-state index contributed by atoms with van der Waals surface area (Å²) in [7, 11) is 0. The first-order chi connectivity index (χ1) is 14.6. The molecule has 0 N–H and O–H groups in total. The van der Waals surface area contributed by atoms with Crippen molar-refractivity contribution in [2.75, 3.05) is 23.8 Å². The van der Waals surface area contributed by atoms with E-state index in [4.69, 9.17) is 9.72 Å². The van der Waals surface area contributed by atoms with Gasteiger partial charge in [0.2, 0.25) is 5.91 Å². The number of thiazole rings is 1. The topological polar surface area (TPSA) is 42.4 Å². The van der Waals surface area contributed by atoms with E-state index < -0.39 is 0 Å². The molecule has 0 bridgehead atoms. The third kappa shape index (κ3) is 5.39. The monoisotopic (exact) mass is 444 g/mol. The van der Waals surface area contributed by atoms with Crippen LogP contribution in [-0.2, 0) is 9.53 Å². The summed E-state index contributed by atoms with van der Waals surface area (Å²) < 4.78 is 19.9. The van der Waals surface area contributed by atoms with Crippen LogP contribution in [0.2, 0.25) is 0 Å². The lowest BCUT2D eigenvalue weighted by atomic mass is 10.2. The Balaban J connectivity index is 1.41. The average Bonchev–Trinajstić information content (AvgIpc) is 3.39. The van der Waals surface area contributed by atoms with Gasteiger partial charge >= 0.3 is 0 Å². The van der Waals surface area contributed by atoms with Gasteiger partial charge in [-0.25, -0.2) is 9.37 Å². The number of fused-ring (bicyclic) bond motifs is 1. The average molecular weight is 445 g/mol. The number of anilines is 1. The normalized spacial score (nSPS) is 16.3. The van der Waals surface area contributed by atoms with Gasteiger partial charge in [0, 0.05) is 17.9 Å². The second-order valence-electron chi connectivity index (χ2n) is 7.51. The van der Waals surface area contributed by atoms with E-state index in [2.05, 4.69) is 13.0 Å². The molecule has 2 heterocycles. The highest BCUT2D eigenvalue weighted by molar-refractivity contribution is 7.99. The summed E-state index contributed by atoms with van der Waals surface area (Å²) in [5.41, 5.74) is 2.12. The van der Waals surface area contributed by atoms with E-state index >= 15 is 0 Å². The van der Waals surface area contributed by atoms with Crippen molar-refractivity contribution in [2.45, 2.75) is 43.6 Å². The Hall–Kier alpha value is -1.96.